The molecule has 0 aromatic heterocycles. The minimum atomic E-state index is -0.264. The highest BCUT2D eigenvalue weighted by Gasteiger charge is 2.22. The van der Waals surface area contributed by atoms with Crippen molar-refractivity contribution in [3.63, 3.8) is 0 Å². The summed E-state index contributed by atoms with van der Waals surface area (Å²) < 4.78 is 5.23. The third-order valence-electron chi connectivity index (χ3n) is 3.93. The molecule has 0 bridgehead atoms. The van der Waals surface area contributed by atoms with Crippen molar-refractivity contribution in [1.82, 2.24) is 10.2 Å². The van der Waals surface area contributed by atoms with Crippen LogP contribution < -0.4 is 10.1 Å². The van der Waals surface area contributed by atoms with E-state index in [0.717, 1.165) is 32.6 Å². The van der Waals surface area contributed by atoms with Gasteiger partial charge < -0.3 is 10.1 Å². The molecule has 0 unspecified atom stereocenters. The first-order chi connectivity index (χ1) is 10.2. The second-order valence-electron chi connectivity index (χ2n) is 5.61. The fourth-order valence-electron chi connectivity index (χ4n) is 2.90. The molecule has 1 N–H and O–H groups in total. The van der Waals surface area contributed by atoms with E-state index < -0.39 is 0 Å². The molecule has 0 saturated carbocycles. The molecular formula is C17H26N2O2. The number of hydrogen-bond donors (Lipinski definition) is 1. The summed E-state index contributed by atoms with van der Waals surface area (Å²) in [4.78, 5) is 13.7. The van der Waals surface area contributed by atoms with Crippen molar-refractivity contribution in [2.24, 2.45) is 0 Å². The Balaban J connectivity index is 2.16. The van der Waals surface area contributed by atoms with Crippen LogP contribution in [0, 0.1) is 0 Å². The van der Waals surface area contributed by atoms with Gasteiger partial charge in [0.25, 0.3) is 0 Å². The molecule has 1 aromatic carbocycles. The van der Waals surface area contributed by atoms with Crippen molar-refractivity contribution >= 4 is 5.97 Å². The minimum Gasteiger partial charge on any atom is -0.427 e. The highest BCUT2D eigenvalue weighted by Crippen LogP contribution is 2.29. The normalized spacial score (nSPS) is 17.4. The molecule has 0 amide bonds. The lowest BCUT2D eigenvalue weighted by Crippen LogP contribution is -2.45. The van der Waals surface area contributed by atoms with Gasteiger partial charge in [0.1, 0.15) is 5.75 Å². The molecule has 0 radical (unpaired) electrons. The second-order valence-corrected chi connectivity index (χ2v) is 5.61. The number of carbonyl (C=O) groups is 1. The molecule has 0 aliphatic carbocycles. The summed E-state index contributed by atoms with van der Waals surface area (Å²) >= 11 is 0. The van der Waals surface area contributed by atoms with Gasteiger partial charge in [0, 0.05) is 39.1 Å². The highest BCUT2D eigenvalue weighted by atomic mass is 16.5. The van der Waals surface area contributed by atoms with E-state index in [9.17, 15) is 4.79 Å². The molecule has 1 aliphatic heterocycles. The Labute approximate surface area is 127 Å². The van der Waals surface area contributed by atoms with Crippen molar-refractivity contribution in [3.05, 3.63) is 29.8 Å². The Bertz CT molecular complexity index is 456. The summed E-state index contributed by atoms with van der Waals surface area (Å²) in [6, 6.07) is 8.41. The zero-order valence-electron chi connectivity index (χ0n) is 13.1. The number of rotatable bonds is 6. The molecule has 116 valence electrons. The van der Waals surface area contributed by atoms with Gasteiger partial charge >= 0.3 is 5.97 Å². The summed E-state index contributed by atoms with van der Waals surface area (Å²) in [5.41, 5.74) is 1.25. The Morgan fingerprint density at radius 2 is 2.14 bits per heavy atom. The van der Waals surface area contributed by atoms with Crippen LogP contribution in [0.15, 0.2) is 24.3 Å². The van der Waals surface area contributed by atoms with Crippen LogP contribution >= 0.6 is 0 Å². The number of benzene rings is 1. The number of nitrogens with zero attached hydrogens (tertiary/aromatic N) is 1. The van der Waals surface area contributed by atoms with Crippen molar-refractivity contribution in [2.45, 2.75) is 39.2 Å². The predicted molar refractivity (Wildman–Crippen MR) is 84.5 cm³/mol. The van der Waals surface area contributed by atoms with Crippen molar-refractivity contribution in [1.29, 1.82) is 0 Å². The number of piperazine rings is 1. The van der Waals surface area contributed by atoms with Gasteiger partial charge in [-0.25, -0.2) is 0 Å². The monoisotopic (exact) mass is 290 g/mol. The molecule has 1 heterocycles. The zero-order valence-corrected chi connectivity index (χ0v) is 13.1. The van der Waals surface area contributed by atoms with Crippen LogP contribution in [0.2, 0.25) is 0 Å². The Kier molecular flexibility index (Phi) is 6.21. The summed E-state index contributed by atoms with van der Waals surface area (Å²) in [7, 11) is 0. The summed E-state index contributed by atoms with van der Waals surface area (Å²) in [5.74, 6) is 0.385. The Hall–Kier alpha value is -1.39. The maximum Gasteiger partial charge on any atom is 0.308 e. The molecule has 2 rings (SSSR count). The predicted octanol–water partition coefficient (Wildman–Crippen LogP) is 2.75. The van der Waals surface area contributed by atoms with Crippen molar-refractivity contribution in [3.8, 4) is 5.75 Å². The molecule has 1 aliphatic rings. The molecule has 0 spiro atoms. The van der Waals surface area contributed by atoms with Gasteiger partial charge in [-0.3, -0.25) is 9.69 Å². The number of ether oxygens (including phenoxy) is 1. The fraction of sp³-hybridized carbons (Fsp3) is 0.588. The van der Waals surface area contributed by atoms with Crippen LogP contribution in [0.25, 0.3) is 0 Å². The molecule has 4 nitrogen and oxygen atoms in total. The van der Waals surface area contributed by atoms with Gasteiger partial charge in [-0.1, -0.05) is 31.9 Å². The summed E-state index contributed by atoms with van der Waals surface area (Å²) in [6.07, 6.45) is 3.57. The summed E-state index contributed by atoms with van der Waals surface area (Å²) in [5, 5.41) is 3.40. The van der Waals surface area contributed by atoms with Crippen LogP contribution in [0.1, 0.15) is 44.7 Å². The highest BCUT2D eigenvalue weighted by molar-refractivity contribution is 5.69. The van der Waals surface area contributed by atoms with E-state index >= 15 is 0 Å². The number of nitrogens with one attached hydrogen (secondary N) is 1. The van der Waals surface area contributed by atoms with Gasteiger partial charge in [-0.05, 0) is 24.1 Å². The first kappa shape index (κ1) is 16.0. The van der Waals surface area contributed by atoms with Crippen LogP contribution in [-0.2, 0) is 4.79 Å². The van der Waals surface area contributed by atoms with Gasteiger partial charge in [-0.15, -0.1) is 0 Å². The van der Waals surface area contributed by atoms with Crippen LogP contribution in [0.4, 0.5) is 0 Å². The topological polar surface area (TPSA) is 41.6 Å². The van der Waals surface area contributed by atoms with Gasteiger partial charge in [-0.2, -0.15) is 0 Å². The van der Waals surface area contributed by atoms with Crippen molar-refractivity contribution < 1.29 is 9.53 Å². The van der Waals surface area contributed by atoms with E-state index in [1.165, 1.54) is 25.3 Å². The number of unbranched alkanes of at least 4 members (excludes halogenated alkanes) is 1. The standard InChI is InChI=1S/C17H26N2O2/c1-3-4-8-17(19-11-9-18-10-12-19)15-6-5-7-16(13-15)21-14(2)20/h5-7,13,17-18H,3-4,8-12H2,1-2H3/t17-/m0/s1. The van der Waals surface area contributed by atoms with Crippen LogP contribution in [-0.4, -0.2) is 37.0 Å². The van der Waals surface area contributed by atoms with Crippen LogP contribution in [0.3, 0.4) is 0 Å². The quantitative estimate of drug-likeness (QED) is 0.646. The van der Waals surface area contributed by atoms with Crippen LogP contribution in [0.5, 0.6) is 5.75 Å². The Morgan fingerprint density at radius 3 is 2.81 bits per heavy atom. The number of carbonyl (C=O) groups excluding carboxylic acids is 1. The lowest BCUT2D eigenvalue weighted by Gasteiger charge is -2.35. The van der Waals surface area contributed by atoms with Gasteiger partial charge in [0.15, 0.2) is 0 Å². The first-order valence-electron chi connectivity index (χ1n) is 7.94. The molecule has 1 aromatic rings. The fourth-order valence-corrected chi connectivity index (χ4v) is 2.90. The minimum absolute atomic E-state index is 0.264. The summed E-state index contributed by atoms with van der Waals surface area (Å²) in [6.45, 7) is 7.92. The van der Waals surface area contributed by atoms with Gasteiger partial charge in [0.2, 0.25) is 0 Å². The first-order valence-corrected chi connectivity index (χ1v) is 7.94. The SMILES string of the molecule is CCCC[C@@H](c1cccc(OC(C)=O)c1)N1CCNCC1. The van der Waals surface area contributed by atoms with E-state index in [-0.39, 0.29) is 5.97 Å². The molecule has 1 saturated heterocycles. The van der Waals surface area contributed by atoms with E-state index in [2.05, 4.69) is 23.2 Å². The zero-order chi connectivity index (χ0) is 15.1. The average molecular weight is 290 g/mol. The molecule has 21 heavy (non-hydrogen) atoms. The molecule has 1 atom stereocenters. The molecule has 4 heteroatoms. The number of esters is 1. The molecular weight excluding hydrogens is 264 g/mol. The van der Waals surface area contributed by atoms with Crippen molar-refractivity contribution in [2.75, 3.05) is 26.2 Å². The number of hydrogen-bond acceptors (Lipinski definition) is 4. The lowest BCUT2D eigenvalue weighted by atomic mass is 9.98. The smallest absolute Gasteiger partial charge is 0.308 e. The average Bonchev–Trinajstić information content (AvgIpc) is 2.48. The largest absolute Gasteiger partial charge is 0.427 e. The lowest BCUT2D eigenvalue weighted by molar-refractivity contribution is -0.131. The second kappa shape index (κ2) is 8.15. The maximum atomic E-state index is 11.1. The Morgan fingerprint density at radius 1 is 1.38 bits per heavy atom. The van der Waals surface area contributed by atoms with Gasteiger partial charge in [0.05, 0.1) is 0 Å². The van der Waals surface area contributed by atoms with E-state index in [1.54, 1.807) is 0 Å². The van der Waals surface area contributed by atoms with E-state index in [4.69, 9.17) is 4.74 Å². The third kappa shape index (κ3) is 4.83. The van der Waals surface area contributed by atoms with E-state index in [0.29, 0.717) is 11.8 Å². The maximum absolute atomic E-state index is 11.1. The third-order valence-corrected chi connectivity index (χ3v) is 3.93. The van der Waals surface area contributed by atoms with E-state index in [1.807, 2.05) is 18.2 Å². The molecule has 1 fully saturated rings.